The summed E-state index contributed by atoms with van der Waals surface area (Å²) in [5, 5.41) is 3.17. The molecule has 3 aliphatic rings. The fourth-order valence-electron chi connectivity index (χ4n) is 7.90. The zero-order chi connectivity index (χ0) is 36.7. The van der Waals surface area contributed by atoms with Gasteiger partial charge in [0.05, 0.1) is 11.6 Å². The average molecular weight is 709 g/mol. The number of Topliss-reactive ketones (excluding diaryl/α,β-unsaturated/α-hetero) is 2. The van der Waals surface area contributed by atoms with Crippen LogP contribution in [0.5, 0.6) is 11.5 Å². The van der Waals surface area contributed by atoms with Crippen molar-refractivity contribution in [3.63, 3.8) is 0 Å². The molecule has 8 heteroatoms. The maximum atomic E-state index is 14.3. The second kappa shape index (κ2) is 14.3. The van der Waals surface area contributed by atoms with Gasteiger partial charge in [0.1, 0.15) is 0 Å². The Morgan fingerprint density at radius 2 is 1.49 bits per heavy atom. The van der Waals surface area contributed by atoms with Crippen molar-refractivity contribution in [2.45, 2.75) is 86.5 Å². The van der Waals surface area contributed by atoms with Crippen LogP contribution in [0.15, 0.2) is 83.2 Å². The molecule has 51 heavy (non-hydrogen) atoms. The van der Waals surface area contributed by atoms with Crippen molar-refractivity contribution < 1.29 is 23.9 Å². The number of anilines is 1. The van der Waals surface area contributed by atoms with Gasteiger partial charge >= 0.3 is 0 Å². The van der Waals surface area contributed by atoms with Gasteiger partial charge in [-0.1, -0.05) is 81.8 Å². The third-order valence-electron chi connectivity index (χ3n) is 10.4. The van der Waals surface area contributed by atoms with Gasteiger partial charge in [0.25, 0.3) is 5.91 Å². The van der Waals surface area contributed by atoms with Crippen LogP contribution in [0.25, 0.3) is 0 Å². The lowest BCUT2D eigenvalue weighted by molar-refractivity contribution is -0.120. The fourth-order valence-corrected chi connectivity index (χ4v) is 8.18. The number of ketones is 2. The van der Waals surface area contributed by atoms with Crippen molar-refractivity contribution in [2.75, 3.05) is 25.1 Å². The van der Waals surface area contributed by atoms with Crippen LogP contribution < -0.4 is 14.8 Å². The maximum Gasteiger partial charge on any atom is 0.262 e. The van der Waals surface area contributed by atoms with E-state index in [1.807, 2.05) is 63.2 Å². The molecule has 0 spiro atoms. The van der Waals surface area contributed by atoms with E-state index in [4.69, 9.17) is 21.1 Å². The van der Waals surface area contributed by atoms with Crippen LogP contribution in [-0.4, -0.2) is 42.1 Å². The number of amides is 1. The molecular weight excluding hydrogens is 660 g/mol. The minimum Gasteiger partial charge on any atom is -0.490 e. The van der Waals surface area contributed by atoms with E-state index >= 15 is 0 Å². The second-order valence-corrected chi connectivity index (χ2v) is 16.2. The smallest absolute Gasteiger partial charge is 0.262 e. The Labute approximate surface area is 307 Å². The van der Waals surface area contributed by atoms with Gasteiger partial charge < -0.3 is 19.7 Å². The van der Waals surface area contributed by atoms with E-state index in [1.165, 1.54) is 5.56 Å². The first-order valence-electron chi connectivity index (χ1n) is 18.0. The molecule has 0 saturated carbocycles. The molecule has 3 aromatic rings. The van der Waals surface area contributed by atoms with Crippen LogP contribution in [0.2, 0.25) is 5.02 Å². The predicted molar refractivity (Wildman–Crippen MR) is 202 cm³/mol. The van der Waals surface area contributed by atoms with Crippen molar-refractivity contribution in [1.29, 1.82) is 0 Å². The highest BCUT2D eigenvalue weighted by atomic mass is 35.5. The van der Waals surface area contributed by atoms with Crippen LogP contribution in [0, 0.1) is 24.7 Å². The van der Waals surface area contributed by atoms with Crippen LogP contribution in [0.3, 0.4) is 0 Å². The highest BCUT2D eigenvalue weighted by Gasteiger charge is 2.49. The van der Waals surface area contributed by atoms with Gasteiger partial charge in [0, 0.05) is 53.5 Å². The topological polar surface area (TPSA) is 84.9 Å². The number of carbonyl (C=O) groups excluding carboxylic acids is 3. The van der Waals surface area contributed by atoms with E-state index in [2.05, 4.69) is 50.0 Å². The summed E-state index contributed by atoms with van der Waals surface area (Å²) in [5.41, 5.74) is 7.57. The van der Waals surface area contributed by atoms with Gasteiger partial charge in [-0.2, -0.15) is 0 Å². The van der Waals surface area contributed by atoms with E-state index < -0.39 is 5.92 Å². The number of rotatable bonds is 10. The van der Waals surface area contributed by atoms with Crippen molar-refractivity contribution in [2.24, 2.45) is 10.8 Å². The molecule has 7 nitrogen and oxygen atoms in total. The molecule has 0 fully saturated rings. The average Bonchev–Trinajstić information content (AvgIpc) is 3.04. The third kappa shape index (κ3) is 7.64. The van der Waals surface area contributed by atoms with E-state index in [9.17, 15) is 14.4 Å². The summed E-state index contributed by atoms with van der Waals surface area (Å²) in [5.74, 6) is -0.203. The van der Waals surface area contributed by atoms with Crippen molar-refractivity contribution in [3.05, 3.63) is 110 Å². The van der Waals surface area contributed by atoms with Gasteiger partial charge in [-0.3, -0.25) is 14.4 Å². The van der Waals surface area contributed by atoms with Gasteiger partial charge in [0.15, 0.2) is 29.7 Å². The van der Waals surface area contributed by atoms with Crippen LogP contribution >= 0.6 is 11.6 Å². The summed E-state index contributed by atoms with van der Waals surface area (Å²) in [6, 6.07) is 19.7. The predicted octanol–water partition coefficient (Wildman–Crippen LogP) is 9.30. The number of aryl methyl sites for hydroxylation is 1. The molecule has 0 radical (unpaired) electrons. The number of benzene rings is 3. The molecule has 0 unspecified atom stereocenters. The third-order valence-corrected chi connectivity index (χ3v) is 10.7. The molecule has 0 atom stereocenters. The van der Waals surface area contributed by atoms with Gasteiger partial charge in [-0.05, 0) is 91.3 Å². The van der Waals surface area contributed by atoms with Gasteiger partial charge in [-0.15, -0.1) is 0 Å². The fraction of sp³-hybridized carbons (Fsp3) is 0.419. The first-order chi connectivity index (χ1) is 24.2. The van der Waals surface area contributed by atoms with Crippen molar-refractivity contribution in [3.8, 4) is 11.5 Å². The van der Waals surface area contributed by atoms with Crippen LogP contribution in [0.1, 0.15) is 88.5 Å². The molecule has 1 amide bonds. The lowest BCUT2D eigenvalue weighted by atomic mass is 9.63. The second-order valence-electron chi connectivity index (χ2n) is 15.8. The summed E-state index contributed by atoms with van der Waals surface area (Å²) in [4.78, 5) is 44.0. The highest BCUT2D eigenvalue weighted by Crippen LogP contribution is 2.55. The molecule has 1 heterocycles. The highest BCUT2D eigenvalue weighted by molar-refractivity contribution is 6.32. The maximum absolute atomic E-state index is 14.3. The summed E-state index contributed by atoms with van der Waals surface area (Å²) in [6.45, 7) is 15.1. The Morgan fingerprint density at radius 3 is 2.10 bits per heavy atom. The number of halogens is 1. The SMILES string of the molecule is CCOc1cc(C2C3=C(CC(C)(C)CC3=O)N(CCc3ccccc3)C3=C2C(=O)CC(C)(C)C3)cc(Cl)c1OCC(=O)Nc1cccc(C)c1C. The van der Waals surface area contributed by atoms with Crippen molar-refractivity contribution in [1.82, 2.24) is 4.90 Å². The molecule has 268 valence electrons. The molecule has 1 aliphatic heterocycles. The van der Waals surface area contributed by atoms with E-state index in [0.717, 1.165) is 34.6 Å². The first-order valence-corrected chi connectivity index (χ1v) is 18.3. The quantitative estimate of drug-likeness (QED) is 0.226. The summed E-state index contributed by atoms with van der Waals surface area (Å²) >= 11 is 6.99. The number of hydrogen-bond donors (Lipinski definition) is 1. The summed E-state index contributed by atoms with van der Waals surface area (Å²) in [7, 11) is 0. The zero-order valence-corrected chi connectivity index (χ0v) is 31.6. The lowest BCUT2D eigenvalue weighted by Gasteiger charge is -2.49. The van der Waals surface area contributed by atoms with E-state index in [1.54, 1.807) is 6.07 Å². The van der Waals surface area contributed by atoms with Crippen LogP contribution in [0.4, 0.5) is 5.69 Å². The number of nitrogens with zero attached hydrogens (tertiary/aromatic N) is 1. The Hall–Kier alpha value is -4.36. The van der Waals surface area contributed by atoms with E-state index in [0.29, 0.717) is 61.3 Å². The summed E-state index contributed by atoms with van der Waals surface area (Å²) in [6.07, 6.45) is 2.99. The number of carbonyl (C=O) groups is 3. The zero-order valence-electron chi connectivity index (χ0n) is 30.9. The molecule has 1 N–H and O–H groups in total. The number of hydrogen-bond acceptors (Lipinski definition) is 6. The molecule has 0 saturated heterocycles. The number of nitrogens with one attached hydrogen (secondary N) is 1. The molecule has 0 aromatic heterocycles. The van der Waals surface area contributed by atoms with Crippen molar-refractivity contribution >= 4 is 34.8 Å². The number of allylic oxidation sites excluding steroid dienone is 4. The summed E-state index contributed by atoms with van der Waals surface area (Å²) < 4.78 is 12.1. The Bertz CT molecular complexity index is 1890. The van der Waals surface area contributed by atoms with Crippen LogP contribution in [-0.2, 0) is 20.8 Å². The Morgan fingerprint density at radius 1 is 0.863 bits per heavy atom. The Kier molecular flexibility index (Phi) is 10.2. The van der Waals surface area contributed by atoms with Gasteiger partial charge in [0.2, 0.25) is 0 Å². The molecular formula is C43H49ClN2O5. The largest absolute Gasteiger partial charge is 0.490 e. The molecule has 6 rings (SSSR count). The minimum atomic E-state index is -0.589. The molecule has 3 aromatic carbocycles. The van der Waals surface area contributed by atoms with Gasteiger partial charge in [-0.25, -0.2) is 0 Å². The minimum absolute atomic E-state index is 0.0534. The normalized spacial score (nSPS) is 18.4. The first kappa shape index (κ1) is 36.4. The Balaban J connectivity index is 1.41. The van der Waals surface area contributed by atoms with E-state index in [-0.39, 0.29) is 45.7 Å². The molecule has 0 bridgehead atoms. The standard InChI is InChI=1S/C43H49ClN2O5/c1-8-50-36-20-29(19-30(44)41(36)51-25-37(49)45-31-16-12-13-26(2)27(31)3)38-39-32(21-42(4,5)23-34(39)47)46(18-17-28-14-10-9-11-15-28)33-22-43(6,7)24-35(48)40(33)38/h9-16,19-20,38H,8,17-18,21-25H2,1-7H3,(H,45,49). The number of ether oxygens (including phenoxy) is 2. The lowest BCUT2D eigenvalue weighted by Crippen LogP contribution is -2.45. The monoisotopic (exact) mass is 708 g/mol. The molecule has 2 aliphatic carbocycles.